The predicted molar refractivity (Wildman–Crippen MR) is 173 cm³/mol. The van der Waals surface area contributed by atoms with Gasteiger partial charge in [0, 0.05) is 12.0 Å². The van der Waals surface area contributed by atoms with Gasteiger partial charge in [0.2, 0.25) is 5.95 Å². The standard InChI is InChI=1S/C32H44N7O5P/c1-22(31(40)42-18-8-11-23-9-4-2-5-10-23)38-45(41,44-27-12-6-3-7-13-27)43-20-24-14-17-26(19-24)39-21-34-28-29(35-25-15-16-25)36-32(33)37-30(28)39/h3,6-7,12-14,17,21-26H,2,4-5,8-11,15-16,18-20H2,1H3,(H,38,41)(H3,33,35,36,37)/t22-,24+,26?,45?/m0/s1. The minimum absolute atomic E-state index is 0.0448. The van der Waals surface area contributed by atoms with Crippen LogP contribution in [0.2, 0.25) is 0 Å². The van der Waals surface area contributed by atoms with Crippen LogP contribution < -0.4 is 20.7 Å². The Bertz CT molecular complexity index is 1520. The van der Waals surface area contributed by atoms with Crippen molar-refractivity contribution in [2.75, 3.05) is 24.3 Å². The lowest BCUT2D eigenvalue weighted by molar-refractivity contribution is -0.145. The molecule has 3 aromatic rings. The van der Waals surface area contributed by atoms with Crippen molar-refractivity contribution >= 4 is 36.6 Å². The number of para-hydroxylation sites is 1. The summed E-state index contributed by atoms with van der Waals surface area (Å²) >= 11 is 0. The van der Waals surface area contributed by atoms with Crippen LogP contribution >= 0.6 is 7.75 Å². The summed E-state index contributed by atoms with van der Waals surface area (Å²) < 4.78 is 33.3. The van der Waals surface area contributed by atoms with Crippen molar-refractivity contribution < 1.29 is 23.1 Å². The lowest BCUT2D eigenvalue weighted by Gasteiger charge is -2.24. The van der Waals surface area contributed by atoms with Crippen LogP contribution in [0.4, 0.5) is 11.8 Å². The number of anilines is 2. The molecule has 4 N–H and O–H groups in total. The van der Waals surface area contributed by atoms with E-state index in [1.54, 1.807) is 37.5 Å². The maximum atomic E-state index is 14.0. The third kappa shape index (κ3) is 8.42. The van der Waals surface area contributed by atoms with Crippen molar-refractivity contribution in [3.05, 3.63) is 48.8 Å². The van der Waals surface area contributed by atoms with Crippen molar-refractivity contribution in [1.82, 2.24) is 24.6 Å². The van der Waals surface area contributed by atoms with Gasteiger partial charge < -0.3 is 24.9 Å². The van der Waals surface area contributed by atoms with E-state index in [1.165, 1.54) is 32.1 Å². The molecule has 0 spiro atoms. The lowest BCUT2D eigenvalue weighted by Crippen LogP contribution is -2.35. The van der Waals surface area contributed by atoms with Gasteiger partial charge in [-0.1, -0.05) is 62.5 Å². The molecule has 0 amide bonds. The summed E-state index contributed by atoms with van der Waals surface area (Å²) in [6.45, 7) is 2.08. The zero-order valence-corrected chi connectivity index (χ0v) is 26.7. The molecule has 4 atom stereocenters. The number of hydrogen-bond acceptors (Lipinski definition) is 10. The number of carbonyl (C=O) groups is 1. The number of imidazole rings is 1. The summed E-state index contributed by atoms with van der Waals surface area (Å²) in [5.74, 6) is 1.40. The molecule has 2 aromatic heterocycles. The van der Waals surface area contributed by atoms with E-state index in [0.29, 0.717) is 41.8 Å². The van der Waals surface area contributed by atoms with Crippen LogP contribution in [0.25, 0.3) is 11.2 Å². The second-order valence-corrected chi connectivity index (χ2v) is 14.2. The Kier molecular flexibility index (Phi) is 10.0. The number of aromatic nitrogens is 4. The van der Waals surface area contributed by atoms with Gasteiger partial charge in [0.1, 0.15) is 11.8 Å². The number of nitrogens with two attached hydrogens (primary N) is 1. The number of nitrogens with zero attached hydrogens (tertiary/aromatic N) is 4. The highest BCUT2D eigenvalue weighted by atomic mass is 31.2. The summed E-state index contributed by atoms with van der Waals surface area (Å²) in [5, 5.41) is 6.20. The average molecular weight is 638 g/mol. The van der Waals surface area contributed by atoms with Gasteiger partial charge in [-0.3, -0.25) is 9.32 Å². The Labute approximate surface area is 264 Å². The van der Waals surface area contributed by atoms with E-state index in [4.69, 9.17) is 19.5 Å². The van der Waals surface area contributed by atoms with Gasteiger partial charge in [-0.25, -0.2) is 9.55 Å². The van der Waals surface area contributed by atoms with Crippen LogP contribution in [-0.4, -0.2) is 50.8 Å². The maximum absolute atomic E-state index is 14.0. The monoisotopic (exact) mass is 637 g/mol. The van der Waals surface area contributed by atoms with E-state index >= 15 is 0 Å². The molecule has 2 heterocycles. The highest BCUT2D eigenvalue weighted by Crippen LogP contribution is 2.46. The molecule has 242 valence electrons. The molecule has 0 bridgehead atoms. The minimum atomic E-state index is -3.95. The topological polar surface area (TPSA) is 156 Å². The fraction of sp³-hybridized carbons (Fsp3) is 0.562. The molecule has 0 radical (unpaired) electrons. The quantitative estimate of drug-likeness (QED) is 0.0756. The second-order valence-electron chi connectivity index (χ2n) is 12.5. The molecule has 6 rings (SSSR count). The largest absolute Gasteiger partial charge is 0.465 e. The first kappa shape index (κ1) is 31.5. The molecule has 13 heteroatoms. The fourth-order valence-electron chi connectivity index (χ4n) is 6.12. The Balaban J connectivity index is 1.05. The lowest BCUT2D eigenvalue weighted by atomic mass is 9.86. The number of nitrogens with one attached hydrogen (secondary N) is 2. The molecule has 2 saturated carbocycles. The van der Waals surface area contributed by atoms with Crippen molar-refractivity contribution in [3.63, 3.8) is 0 Å². The van der Waals surface area contributed by atoms with Crippen molar-refractivity contribution in [3.8, 4) is 5.75 Å². The summed E-state index contributed by atoms with van der Waals surface area (Å²) in [6, 6.07) is 8.27. The number of rotatable bonds is 15. The molecule has 0 saturated heterocycles. The molecule has 2 unspecified atom stereocenters. The molecule has 3 aliphatic carbocycles. The van der Waals surface area contributed by atoms with Gasteiger partial charge >= 0.3 is 13.7 Å². The molecule has 2 fully saturated rings. The van der Waals surface area contributed by atoms with E-state index in [2.05, 4.69) is 31.4 Å². The average Bonchev–Trinajstić information content (AvgIpc) is 3.55. The van der Waals surface area contributed by atoms with Gasteiger partial charge in [0.15, 0.2) is 17.0 Å². The van der Waals surface area contributed by atoms with Gasteiger partial charge in [-0.15, -0.1) is 0 Å². The van der Waals surface area contributed by atoms with E-state index in [0.717, 1.165) is 31.6 Å². The van der Waals surface area contributed by atoms with Crippen molar-refractivity contribution in [2.45, 2.75) is 89.3 Å². The summed E-state index contributed by atoms with van der Waals surface area (Å²) in [6.07, 6.45) is 17.1. The number of esters is 1. The smallest absolute Gasteiger partial charge is 0.459 e. The van der Waals surface area contributed by atoms with E-state index in [9.17, 15) is 9.36 Å². The molecular weight excluding hydrogens is 593 g/mol. The van der Waals surface area contributed by atoms with Gasteiger partial charge in [-0.2, -0.15) is 15.1 Å². The first-order valence-corrected chi connectivity index (χ1v) is 17.8. The molecule has 0 aliphatic heterocycles. The van der Waals surface area contributed by atoms with Crippen LogP contribution in [0.15, 0.2) is 48.8 Å². The minimum Gasteiger partial charge on any atom is -0.465 e. The van der Waals surface area contributed by atoms with E-state index < -0.39 is 19.8 Å². The second kappa shape index (κ2) is 14.3. The van der Waals surface area contributed by atoms with Crippen LogP contribution in [0, 0.1) is 11.8 Å². The first-order chi connectivity index (χ1) is 21.8. The third-order valence-corrected chi connectivity index (χ3v) is 10.4. The number of carbonyl (C=O) groups excluding carboxylic acids is 1. The van der Waals surface area contributed by atoms with E-state index in [-0.39, 0.29) is 24.5 Å². The summed E-state index contributed by atoms with van der Waals surface area (Å²) in [4.78, 5) is 26.2. The van der Waals surface area contributed by atoms with Gasteiger partial charge in [0.05, 0.1) is 25.6 Å². The Hall–Kier alpha value is -3.47. The van der Waals surface area contributed by atoms with Crippen molar-refractivity contribution in [1.29, 1.82) is 0 Å². The number of hydrogen-bond donors (Lipinski definition) is 3. The van der Waals surface area contributed by atoms with Crippen LogP contribution in [0.5, 0.6) is 5.75 Å². The number of fused-ring (bicyclic) bond motifs is 1. The maximum Gasteiger partial charge on any atom is 0.459 e. The fourth-order valence-corrected chi connectivity index (χ4v) is 7.67. The Morgan fingerprint density at radius 2 is 1.91 bits per heavy atom. The molecule has 45 heavy (non-hydrogen) atoms. The number of benzene rings is 1. The van der Waals surface area contributed by atoms with Crippen LogP contribution in [0.1, 0.15) is 77.2 Å². The number of allylic oxidation sites excluding steroid dienone is 1. The third-order valence-electron chi connectivity index (χ3n) is 8.72. The predicted octanol–water partition coefficient (Wildman–Crippen LogP) is 6.19. The molecule has 1 aromatic carbocycles. The van der Waals surface area contributed by atoms with Gasteiger partial charge in [-0.05, 0) is 57.1 Å². The zero-order valence-electron chi connectivity index (χ0n) is 25.8. The van der Waals surface area contributed by atoms with Gasteiger partial charge in [0.25, 0.3) is 0 Å². The van der Waals surface area contributed by atoms with Crippen LogP contribution in [0.3, 0.4) is 0 Å². The normalized spacial score (nSPS) is 22.2. The highest BCUT2D eigenvalue weighted by Gasteiger charge is 2.34. The highest BCUT2D eigenvalue weighted by molar-refractivity contribution is 7.52. The Morgan fingerprint density at radius 3 is 2.69 bits per heavy atom. The summed E-state index contributed by atoms with van der Waals surface area (Å²) in [5.41, 5.74) is 7.38. The molecule has 3 aliphatic rings. The SMILES string of the molecule is C[C@H](NP(=O)(OC[C@@H]1C=CC(n2cnc3c(NC4CC4)nc(N)nc32)C1)Oc1ccccc1)C(=O)OCCCC1CCCCC1. The van der Waals surface area contributed by atoms with Crippen molar-refractivity contribution in [2.24, 2.45) is 11.8 Å². The van der Waals surface area contributed by atoms with E-state index in [1.807, 2.05) is 16.7 Å². The van der Waals surface area contributed by atoms with Crippen LogP contribution in [-0.2, 0) is 18.6 Å². The first-order valence-electron chi connectivity index (χ1n) is 16.2. The Morgan fingerprint density at radius 1 is 1.11 bits per heavy atom. The number of nitrogen functional groups attached to an aromatic ring is 1. The molecule has 12 nitrogen and oxygen atoms in total. The zero-order chi connectivity index (χ0) is 31.2. The molecular formula is C32H44N7O5P. The summed E-state index contributed by atoms with van der Waals surface area (Å²) in [7, 11) is -3.95. The number of ether oxygens (including phenoxy) is 1.